The molecule has 2 amide bonds. The van der Waals surface area contributed by atoms with E-state index in [1.54, 1.807) is 11.3 Å². The van der Waals surface area contributed by atoms with E-state index in [1.807, 2.05) is 16.5 Å². The van der Waals surface area contributed by atoms with E-state index in [0.717, 1.165) is 37.9 Å². The maximum Gasteiger partial charge on any atom is 0.317 e. The number of likely N-dealkylation sites (tertiary alicyclic amines) is 1. The molecule has 0 radical (unpaired) electrons. The molecule has 122 valence electrons. The molecule has 0 spiro atoms. The van der Waals surface area contributed by atoms with Gasteiger partial charge in [0.15, 0.2) is 5.13 Å². The zero-order valence-corrected chi connectivity index (χ0v) is 14.0. The molecular weight excluding hydrogens is 298 g/mol. The predicted octanol–water partition coefficient (Wildman–Crippen LogP) is 1.46. The van der Waals surface area contributed by atoms with Gasteiger partial charge in [0.2, 0.25) is 0 Å². The number of carbonyl (C=O) groups is 1. The summed E-state index contributed by atoms with van der Waals surface area (Å²) in [5, 5.41) is 6.14. The molecule has 0 aliphatic carbocycles. The topological polar surface area (TPSA) is 51.7 Å². The molecule has 2 aliphatic rings. The first-order chi connectivity index (χ1) is 10.7. The molecule has 2 saturated heterocycles. The van der Waals surface area contributed by atoms with Gasteiger partial charge in [-0.1, -0.05) is 0 Å². The van der Waals surface area contributed by atoms with E-state index in [0.29, 0.717) is 6.04 Å². The Morgan fingerprint density at radius 1 is 1.27 bits per heavy atom. The minimum Gasteiger partial charge on any atom is -0.345 e. The van der Waals surface area contributed by atoms with Crippen LogP contribution in [0.4, 0.5) is 9.93 Å². The van der Waals surface area contributed by atoms with Gasteiger partial charge >= 0.3 is 6.03 Å². The molecule has 0 saturated carbocycles. The van der Waals surface area contributed by atoms with Crippen molar-refractivity contribution in [1.29, 1.82) is 0 Å². The van der Waals surface area contributed by atoms with Gasteiger partial charge in [-0.15, -0.1) is 11.3 Å². The van der Waals surface area contributed by atoms with Crippen LogP contribution >= 0.6 is 11.3 Å². The van der Waals surface area contributed by atoms with Crippen molar-refractivity contribution < 1.29 is 4.79 Å². The van der Waals surface area contributed by atoms with Crippen molar-refractivity contribution in [3.05, 3.63) is 11.6 Å². The van der Waals surface area contributed by atoms with E-state index >= 15 is 0 Å². The number of amides is 2. The highest BCUT2D eigenvalue weighted by Crippen LogP contribution is 2.18. The van der Waals surface area contributed by atoms with Crippen molar-refractivity contribution in [3.63, 3.8) is 0 Å². The van der Waals surface area contributed by atoms with Crippen LogP contribution in [0.15, 0.2) is 11.6 Å². The van der Waals surface area contributed by atoms with Crippen molar-refractivity contribution in [1.82, 2.24) is 20.1 Å². The normalized spacial score (nSPS) is 21.1. The Kier molecular flexibility index (Phi) is 5.15. The van der Waals surface area contributed by atoms with Crippen molar-refractivity contribution in [3.8, 4) is 0 Å². The lowest BCUT2D eigenvalue weighted by atomic mass is 10.3. The fraction of sp³-hybridized carbons (Fsp3) is 0.733. The zero-order chi connectivity index (χ0) is 15.4. The molecular formula is C15H25N5OS. The smallest absolute Gasteiger partial charge is 0.317 e. The number of aromatic nitrogens is 1. The summed E-state index contributed by atoms with van der Waals surface area (Å²) in [6.45, 7) is 8.54. The van der Waals surface area contributed by atoms with Crippen LogP contribution in [0.2, 0.25) is 0 Å². The van der Waals surface area contributed by atoms with Crippen molar-refractivity contribution in [2.75, 3.05) is 50.7 Å². The first-order valence-electron chi connectivity index (χ1n) is 8.15. The minimum atomic E-state index is 0.0739. The lowest BCUT2D eigenvalue weighted by molar-refractivity contribution is 0.187. The number of hydrogen-bond acceptors (Lipinski definition) is 5. The van der Waals surface area contributed by atoms with Crippen LogP contribution < -0.4 is 10.2 Å². The van der Waals surface area contributed by atoms with Gasteiger partial charge in [-0.2, -0.15) is 0 Å². The first kappa shape index (κ1) is 15.6. The summed E-state index contributed by atoms with van der Waals surface area (Å²) in [6, 6.07) is 0.507. The second-order valence-corrected chi connectivity index (χ2v) is 6.94. The van der Waals surface area contributed by atoms with Crippen LogP contribution in [-0.4, -0.2) is 72.7 Å². The summed E-state index contributed by atoms with van der Waals surface area (Å²) in [7, 11) is 0. The third-order valence-corrected chi connectivity index (χ3v) is 5.40. The van der Waals surface area contributed by atoms with Crippen LogP contribution in [0.25, 0.3) is 0 Å². The number of piperazine rings is 1. The molecule has 2 aliphatic heterocycles. The summed E-state index contributed by atoms with van der Waals surface area (Å²) in [4.78, 5) is 23.2. The molecule has 1 unspecified atom stereocenters. The largest absolute Gasteiger partial charge is 0.345 e. The van der Waals surface area contributed by atoms with Gasteiger partial charge in [0.25, 0.3) is 0 Å². The number of hydrogen-bond donors (Lipinski definition) is 1. The monoisotopic (exact) mass is 323 g/mol. The Bertz CT molecular complexity index is 466. The highest BCUT2D eigenvalue weighted by atomic mass is 32.1. The average Bonchev–Trinajstić information content (AvgIpc) is 3.25. The number of carbonyl (C=O) groups excluding carboxylic acids is 1. The molecule has 3 heterocycles. The molecule has 22 heavy (non-hydrogen) atoms. The van der Waals surface area contributed by atoms with Gasteiger partial charge in [-0.25, -0.2) is 9.78 Å². The van der Waals surface area contributed by atoms with E-state index in [-0.39, 0.29) is 6.03 Å². The number of rotatable bonds is 4. The lowest BCUT2D eigenvalue weighted by Gasteiger charge is -2.35. The Labute approximate surface area is 136 Å². The third kappa shape index (κ3) is 3.70. The molecule has 6 nitrogen and oxygen atoms in total. The van der Waals surface area contributed by atoms with Gasteiger partial charge in [-0.3, -0.25) is 4.90 Å². The number of nitrogens with zero attached hydrogens (tertiary/aromatic N) is 4. The molecule has 2 fully saturated rings. The molecule has 7 heteroatoms. The van der Waals surface area contributed by atoms with Gasteiger partial charge in [0.05, 0.1) is 0 Å². The number of nitrogens with one attached hydrogen (secondary N) is 1. The minimum absolute atomic E-state index is 0.0739. The quantitative estimate of drug-likeness (QED) is 0.911. The van der Waals surface area contributed by atoms with Crippen molar-refractivity contribution >= 4 is 22.5 Å². The van der Waals surface area contributed by atoms with E-state index in [2.05, 4.69) is 27.0 Å². The van der Waals surface area contributed by atoms with Crippen LogP contribution in [0.3, 0.4) is 0 Å². The maximum atomic E-state index is 12.3. The van der Waals surface area contributed by atoms with Gasteiger partial charge in [-0.05, 0) is 32.9 Å². The third-order valence-electron chi connectivity index (χ3n) is 4.57. The molecule has 1 atom stereocenters. The van der Waals surface area contributed by atoms with E-state index in [9.17, 15) is 4.79 Å². The number of anilines is 1. The van der Waals surface area contributed by atoms with Crippen LogP contribution in [0.1, 0.15) is 19.8 Å². The lowest BCUT2D eigenvalue weighted by Crippen LogP contribution is -2.53. The molecule has 1 N–H and O–H groups in total. The Balaban J connectivity index is 1.40. The Hall–Kier alpha value is -1.34. The fourth-order valence-electron chi connectivity index (χ4n) is 3.13. The maximum absolute atomic E-state index is 12.3. The van der Waals surface area contributed by atoms with Crippen molar-refractivity contribution in [2.24, 2.45) is 0 Å². The SMILES string of the molecule is CC(CNC(=O)N1CCN(c2nccs2)CC1)N1CCCC1. The van der Waals surface area contributed by atoms with Crippen LogP contribution in [0, 0.1) is 0 Å². The Morgan fingerprint density at radius 3 is 2.64 bits per heavy atom. The second-order valence-electron chi connectivity index (χ2n) is 6.07. The number of urea groups is 1. The average molecular weight is 323 g/mol. The summed E-state index contributed by atoms with van der Waals surface area (Å²) < 4.78 is 0. The molecule has 1 aromatic heterocycles. The summed E-state index contributed by atoms with van der Waals surface area (Å²) in [5.41, 5.74) is 0. The van der Waals surface area contributed by atoms with E-state index in [1.165, 1.54) is 25.9 Å². The number of thiazole rings is 1. The predicted molar refractivity (Wildman–Crippen MR) is 89.6 cm³/mol. The molecule has 0 bridgehead atoms. The molecule has 0 aromatic carbocycles. The summed E-state index contributed by atoms with van der Waals surface area (Å²) >= 11 is 1.66. The van der Waals surface area contributed by atoms with Crippen LogP contribution in [-0.2, 0) is 0 Å². The first-order valence-corrected chi connectivity index (χ1v) is 9.03. The zero-order valence-electron chi connectivity index (χ0n) is 13.2. The van der Waals surface area contributed by atoms with E-state index in [4.69, 9.17) is 0 Å². The summed E-state index contributed by atoms with van der Waals surface area (Å²) in [5.74, 6) is 0. The molecule has 3 rings (SSSR count). The Morgan fingerprint density at radius 2 is 2.00 bits per heavy atom. The second kappa shape index (κ2) is 7.28. The van der Waals surface area contributed by atoms with E-state index < -0.39 is 0 Å². The van der Waals surface area contributed by atoms with Gasteiger partial charge in [0, 0.05) is 50.3 Å². The highest BCUT2D eigenvalue weighted by Gasteiger charge is 2.23. The highest BCUT2D eigenvalue weighted by molar-refractivity contribution is 7.13. The fourth-order valence-corrected chi connectivity index (χ4v) is 3.83. The van der Waals surface area contributed by atoms with Crippen LogP contribution in [0.5, 0.6) is 0 Å². The molecule has 1 aromatic rings. The van der Waals surface area contributed by atoms with Gasteiger partial charge < -0.3 is 15.1 Å². The standard InChI is InChI=1S/C15H25N5OS/c1-13(18-5-2-3-6-18)12-17-14(21)19-7-9-20(10-8-19)15-16-4-11-22-15/h4,11,13H,2-3,5-10,12H2,1H3,(H,17,21). The van der Waals surface area contributed by atoms with Crippen molar-refractivity contribution in [2.45, 2.75) is 25.8 Å². The summed E-state index contributed by atoms with van der Waals surface area (Å²) in [6.07, 6.45) is 4.41. The van der Waals surface area contributed by atoms with Gasteiger partial charge in [0.1, 0.15) is 0 Å².